The Bertz CT molecular complexity index is 792. The van der Waals surface area contributed by atoms with Crippen LogP contribution in [0.5, 0.6) is 0 Å². The fraction of sp³-hybridized carbons (Fsp3) is 0.400. The predicted octanol–water partition coefficient (Wildman–Crippen LogP) is 3.07. The number of hydrogen-bond acceptors (Lipinski definition) is 3. The van der Waals surface area contributed by atoms with Crippen molar-refractivity contribution in [2.24, 2.45) is 0 Å². The molecule has 1 aromatic heterocycles. The summed E-state index contributed by atoms with van der Waals surface area (Å²) in [6.45, 7) is 5.80. The number of hydrogen-bond donors (Lipinski definition) is 0. The third kappa shape index (κ3) is 3.79. The highest BCUT2D eigenvalue weighted by atomic mass is 19.1. The average Bonchev–Trinajstić information content (AvgIpc) is 3.13. The van der Waals surface area contributed by atoms with Gasteiger partial charge >= 0.3 is 0 Å². The van der Waals surface area contributed by atoms with Gasteiger partial charge in [-0.3, -0.25) is 9.59 Å². The number of amides is 2. The summed E-state index contributed by atoms with van der Waals surface area (Å²) in [6, 6.07) is 8.13. The molecule has 26 heavy (non-hydrogen) atoms. The molecule has 1 aliphatic rings. The first-order valence-corrected chi connectivity index (χ1v) is 8.85. The Morgan fingerprint density at radius 2 is 1.73 bits per heavy atom. The largest absolute Gasteiger partial charge is 0.459 e. The number of benzene rings is 1. The second kappa shape index (κ2) is 7.72. The zero-order valence-electron chi connectivity index (χ0n) is 15.1. The lowest BCUT2D eigenvalue weighted by Crippen LogP contribution is -2.51. The molecule has 138 valence electrons. The summed E-state index contributed by atoms with van der Waals surface area (Å²) in [4.78, 5) is 28.5. The summed E-state index contributed by atoms with van der Waals surface area (Å²) in [7, 11) is 0. The highest BCUT2D eigenvalue weighted by Gasteiger charge is 2.28. The number of piperazine rings is 1. The third-order valence-corrected chi connectivity index (χ3v) is 4.73. The van der Waals surface area contributed by atoms with Crippen molar-refractivity contribution in [2.45, 2.75) is 26.2 Å². The fourth-order valence-corrected chi connectivity index (χ4v) is 3.17. The minimum atomic E-state index is -0.367. The van der Waals surface area contributed by atoms with E-state index in [1.54, 1.807) is 28.0 Å². The SMILES string of the molecule is CC(C)c1ccoc1C(=O)N1CCN(C(=O)Cc2ccccc2F)CC1. The summed E-state index contributed by atoms with van der Waals surface area (Å²) in [5.41, 5.74) is 1.29. The molecule has 2 aromatic rings. The number of halogens is 1. The minimum absolute atomic E-state index is 0.0380. The van der Waals surface area contributed by atoms with Gasteiger partial charge in [0.05, 0.1) is 12.7 Å². The quantitative estimate of drug-likeness (QED) is 0.844. The van der Waals surface area contributed by atoms with Crippen molar-refractivity contribution in [1.82, 2.24) is 9.80 Å². The van der Waals surface area contributed by atoms with Crippen LogP contribution in [0.1, 0.15) is 41.4 Å². The van der Waals surface area contributed by atoms with Crippen LogP contribution in [0.3, 0.4) is 0 Å². The van der Waals surface area contributed by atoms with Crippen molar-refractivity contribution in [3.05, 3.63) is 59.3 Å². The van der Waals surface area contributed by atoms with E-state index < -0.39 is 0 Å². The summed E-state index contributed by atoms with van der Waals surface area (Å²) in [5.74, 6) is -0.0425. The van der Waals surface area contributed by atoms with Gasteiger partial charge in [-0.2, -0.15) is 0 Å². The van der Waals surface area contributed by atoms with Gasteiger partial charge in [0.15, 0.2) is 5.76 Å². The molecule has 2 heterocycles. The van der Waals surface area contributed by atoms with E-state index in [1.165, 1.54) is 12.3 Å². The first kappa shape index (κ1) is 18.2. The van der Waals surface area contributed by atoms with E-state index in [4.69, 9.17) is 4.42 Å². The van der Waals surface area contributed by atoms with Gasteiger partial charge in [-0.25, -0.2) is 4.39 Å². The van der Waals surface area contributed by atoms with Crippen LogP contribution in [0, 0.1) is 5.82 Å². The number of nitrogens with zero attached hydrogens (tertiary/aromatic N) is 2. The topological polar surface area (TPSA) is 53.8 Å². The molecule has 0 unspecified atom stereocenters. The van der Waals surface area contributed by atoms with Crippen molar-refractivity contribution in [2.75, 3.05) is 26.2 Å². The van der Waals surface area contributed by atoms with Crippen LogP contribution in [0.4, 0.5) is 4.39 Å². The Morgan fingerprint density at radius 1 is 1.08 bits per heavy atom. The predicted molar refractivity (Wildman–Crippen MR) is 95.4 cm³/mol. The van der Waals surface area contributed by atoms with E-state index in [0.717, 1.165) is 5.56 Å². The average molecular weight is 358 g/mol. The van der Waals surface area contributed by atoms with Gasteiger partial charge in [-0.1, -0.05) is 32.0 Å². The van der Waals surface area contributed by atoms with E-state index in [9.17, 15) is 14.0 Å². The van der Waals surface area contributed by atoms with Crippen molar-refractivity contribution in [3.8, 4) is 0 Å². The van der Waals surface area contributed by atoms with Crippen LogP contribution < -0.4 is 0 Å². The normalized spacial score (nSPS) is 14.8. The van der Waals surface area contributed by atoms with Crippen LogP contribution in [0.25, 0.3) is 0 Å². The molecule has 0 aliphatic carbocycles. The number of carbonyl (C=O) groups is 2. The maximum atomic E-state index is 13.7. The molecule has 2 amide bonds. The second-order valence-corrected chi connectivity index (χ2v) is 6.80. The maximum Gasteiger partial charge on any atom is 0.289 e. The van der Waals surface area contributed by atoms with Gasteiger partial charge in [-0.05, 0) is 23.6 Å². The summed E-state index contributed by atoms with van der Waals surface area (Å²) in [6.07, 6.45) is 1.58. The second-order valence-electron chi connectivity index (χ2n) is 6.80. The molecular formula is C20H23FN2O3. The third-order valence-electron chi connectivity index (χ3n) is 4.73. The van der Waals surface area contributed by atoms with Crippen LogP contribution in [0.2, 0.25) is 0 Å². The molecule has 0 radical (unpaired) electrons. The van der Waals surface area contributed by atoms with E-state index in [2.05, 4.69) is 0 Å². The molecule has 6 heteroatoms. The van der Waals surface area contributed by atoms with Crippen LogP contribution in [0.15, 0.2) is 41.0 Å². The van der Waals surface area contributed by atoms with E-state index in [0.29, 0.717) is 37.5 Å². The molecule has 0 atom stereocenters. The smallest absolute Gasteiger partial charge is 0.289 e. The van der Waals surface area contributed by atoms with Gasteiger partial charge < -0.3 is 14.2 Å². The van der Waals surface area contributed by atoms with Crippen LogP contribution >= 0.6 is 0 Å². The van der Waals surface area contributed by atoms with Gasteiger partial charge in [0.2, 0.25) is 5.91 Å². The number of furan rings is 1. The highest BCUT2D eigenvalue weighted by Crippen LogP contribution is 2.22. The molecular weight excluding hydrogens is 335 g/mol. The van der Waals surface area contributed by atoms with Gasteiger partial charge in [0.1, 0.15) is 5.82 Å². The molecule has 0 N–H and O–H groups in total. The van der Waals surface area contributed by atoms with Crippen LogP contribution in [-0.4, -0.2) is 47.8 Å². The number of carbonyl (C=O) groups excluding carboxylic acids is 2. The minimum Gasteiger partial charge on any atom is -0.459 e. The van der Waals surface area contributed by atoms with E-state index in [1.807, 2.05) is 19.9 Å². The van der Waals surface area contributed by atoms with Gasteiger partial charge in [0, 0.05) is 31.7 Å². The highest BCUT2D eigenvalue weighted by molar-refractivity contribution is 5.93. The van der Waals surface area contributed by atoms with Crippen molar-refractivity contribution in [1.29, 1.82) is 0 Å². The van der Waals surface area contributed by atoms with E-state index >= 15 is 0 Å². The molecule has 0 saturated carbocycles. The van der Waals surface area contributed by atoms with Crippen molar-refractivity contribution >= 4 is 11.8 Å². The monoisotopic (exact) mass is 358 g/mol. The number of rotatable bonds is 4. The Morgan fingerprint density at radius 3 is 2.38 bits per heavy atom. The van der Waals surface area contributed by atoms with Crippen molar-refractivity contribution < 1.29 is 18.4 Å². The molecule has 1 aliphatic heterocycles. The molecule has 1 aromatic carbocycles. The summed E-state index contributed by atoms with van der Waals surface area (Å²) in [5, 5.41) is 0. The lowest BCUT2D eigenvalue weighted by atomic mass is 10.0. The molecule has 5 nitrogen and oxygen atoms in total. The zero-order chi connectivity index (χ0) is 18.7. The fourth-order valence-electron chi connectivity index (χ4n) is 3.17. The molecule has 0 bridgehead atoms. The standard InChI is InChI=1S/C20H23FN2O3/c1-14(2)16-7-12-26-19(16)20(25)23-10-8-22(9-11-23)18(24)13-15-5-3-4-6-17(15)21/h3-7,12,14H,8-11,13H2,1-2H3. The van der Waals surface area contributed by atoms with E-state index in [-0.39, 0.29) is 30.0 Å². The Balaban J connectivity index is 1.58. The summed E-state index contributed by atoms with van der Waals surface area (Å²) >= 11 is 0. The van der Waals surface area contributed by atoms with Crippen LogP contribution in [-0.2, 0) is 11.2 Å². The van der Waals surface area contributed by atoms with Gasteiger partial charge in [-0.15, -0.1) is 0 Å². The Labute approximate surface area is 152 Å². The molecule has 1 saturated heterocycles. The maximum absolute atomic E-state index is 13.7. The van der Waals surface area contributed by atoms with Gasteiger partial charge in [0.25, 0.3) is 5.91 Å². The molecule has 0 spiro atoms. The lowest BCUT2D eigenvalue weighted by molar-refractivity contribution is -0.132. The lowest BCUT2D eigenvalue weighted by Gasteiger charge is -2.34. The first-order valence-electron chi connectivity index (χ1n) is 8.85. The Hall–Kier alpha value is -2.63. The molecule has 3 rings (SSSR count). The first-order chi connectivity index (χ1) is 12.5. The zero-order valence-corrected chi connectivity index (χ0v) is 15.1. The summed E-state index contributed by atoms with van der Waals surface area (Å²) < 4.78 is 19.1. The van der Waals surface area contributed by atoms with Crippen molar-refractivity contribution in [3.63, 3.8) is 0 Å². The Kier molecular flexibility index (Phi) is 5.40. The molecule has 1 fully saturated rings.